The molecule has 0 aliphatic carbocycles. The van der Waals surface area contributed by atoms with E-state index >= 15 is 0 Å². The summed E-state index contributed by atoms with van der Waals surface area (Å²) in [7, 11) is 0. The molecule has 182 valence electrons. The van der Waals surface area contributed by atoms with Crippen LogP contribution in [-0.4, -0.2) is 46.2 Å². The van der Waals surface area contributed by atoms with Crippen LogP contribution >= 0.6 is 12.6 Å². The van der Waals surface area contributed by atoms with Gasteiger partial charge in [0.2, 0.25) is 5.91 Å². The third-order valence-corrected chi connectivity index (χ3v) is 5.35. The number of nitrogens with zero attached hydrogens (tertiary/aromatic N) is 1. The highest BCUT2D eigenvalue weighted by molar-refractivity contribution is 7.80. The first-order chi connectivity index (χ1) is 15.4. The van der Waals surface area contributed by atoms with Crippen LogP contribution in [0.15, 0.2) is 18.2 Å². The summed E-state index contributed by atoms with van der Waals surface area (Å²) < 4.78 is 5.26. The number of carbonyl (C=O) groups is 3. The molecule has 2 N–H and O–H groups in total. The predicted molar refractivity (Wildman–Crippen MR) is 134 cm³/mol. The molecule has 0 aliphatic heterocycles. The molecule has 0 saturated heterocycles. The van der Waals surface area contributed by atoms with Gasteiger partial charge in [-0.3, -0.25) is 14.5 Å². The fraction of sp³-hybridized carbons (Fsp3) is 0.560. The number of benzene rings is 1. The van der Waals surface area contributed by atoms with E-state index in [0.29, 0.717) is 5.56 Å². The molecule has 3 unspecified atom stereocenters. The molecule has 3 amide bonds. The molecular weight excluding hydrogens is 438 g/mol. The molecule has 0 radical (unpaired) electrons. The molecule has 0 aliphatic rings. The molecule has 0 aromatic heterocycles. The van der Waals surface area contributed by atoms with Crippen molar-refractivity contribution in [2.24, 2.45) is 0 Å². The van der Waals surface area contributed by atoms with Crippen LogP contribution in [0.3, 0.4) is 0 Å². The summed E-state index contributed by atoms with van der Waals surface area (Å²) in [5.74, 6) is -1.03. The molecule has 0 fully saturated rings. The average Bonchev–Trinajstić information content (AvgIpc) is 2.69. The van der Waals surface area contributed by atoms with Crippen LogP contribution in [0.1, 0.15) is 70.2 Å². The molecule has 0 heterocycles. The van der Waals surface area contributed by atoms with Crippen LogP contribution < -0.4 is 10.6 Å². The summed E-state index contributed by atoms with van der Waals surface area (Å²) in [5, 5.41) is 5.49. The third-order valence-electron chi connectivity index (χ3n) is 4.98. The number of rotatable bonds is 9. The van der Waals surface area contributed by atoms with E-state index in [9.17, 15) is 14.4 Å². The second-order valence-electron chi connectivity index (χ2n) is 9.13. The molecule has 33 heavy (non-hydrogen) atoms. The second kappa shape index (κ2) is 12.5. The van der Waals surface area contributed by atoms with Gasteiger partial charge in [-0.15, -0.1) is 0 Å². The van der Waals surface area contributed by atoms with E-state index in [1.807, 2.05) is 45.9 Å². The summed E-state index contributed by atoms with van der Waals surface area (Å²) in [6.07, 6.45) is 6.69. The van der Waals surface area contributed by atoms with E-state index in [4.69, 9.17) is 11.2 Å². The molecule has 1 aromatic carbocycles. The van der Waals surface area contributed by atoms with Gasteiger partial charge in [0.1, 0.15) is 17.7 Å². The van der Waals surface area contributed by atoms with Gasteiger partial charge in [0, 0.05) is 17.8 Å². The summed E-state index contributed by atoms with van der Waals surface area (Å²) in [6, 6.07) is 5.76. The van der Waals surface area contributed by atoms with Crippen molar-refractivity contribution in [1.29, 1.82) is 0 Å². The Kier molecular flexibility index (Phi) is 10.8. The average molecular weight is 476 g/mol. The SMILES string of the molecule is C#CN(C(=O)C(CS)NC(=O)OC(C)(C)C)C(C(=O)NC(C)CCC)c1c(C)cccc1C. The summed E-state index contributed by atoms with van der Waals surface area (Å²) in [5.41, 5.74) is 1.57. The zero-order chi connectivity index (χ0) is 25.3. The Bertz CT molecular complexity index is 868. The molecule has 1 aromatic rings. The lowest BCUT2D eigenvalue weighted by Gasteiger charge is -2.32. The number of ether oxygens (including phenoxy) is 1. The van der Waals surface area contributed by atoms with Crippen LogP contribution in [0, 0.1) is 26.3 Å². The molecule has 0 saturated carbocycles. The van der Waals surface area contributed by atoms with Crippen LogP contribution in [0.25, 0.3) is 0 Å². The Balaban J connectivity index is 3.38. The topological polar surface area (TPSA) is 87.7 Å². The van der Waals surface area contributed by atoms with Gasteiger partial charge in [-0.05, 0) is 64.7 Å². The summed E-state index contributed by atoms with van der Waals surface area (Å²) in [6.45, 7) is 12.8. The van der Waals surface area contributed by atoms with E-state index in [0.717, 1.165) is 28.9 Å². The van der Waals surface area contributed by atoms with Crippen molar-refractivity contribution in [1.82, 2.24) is 15.5 Å². The summed E-state index contributed by atoms with van der Waals surface area (Å²) >= 11 is 4.22. The minimum absolute atomic E-state index is 0.0242. The number of hydrogen-bond donors (Lipinski definition) is 3. The van der Waals surface area contributed by atoms with E-state index in [1.165, 1.54) is 0 Å². The normalized spacial score (nSPS) is 13.8. The highest BCUT2D eigenvalue weighted by atomic mass is 32.1. The van der Waals surface area contributed by atoms with E-state index < -0.39 is 29.7 Å². The van der Waals surface area contributed by atoms with Gasteiger partial charge in [-0.2, -0.15) is 12.6 Å². The molecule has 0 spiro atoms. The first-order valence-corrected chi connectivity index (χ1v) is 11.8. The standard InChI is InChI=1S/C25H37N3O4S/c1-9-12-18(5)26-22(29)21(20-16(3)13-11-14-17(20)4)28(10-2)23(30)19(15-33)27-24(31)32-25(6,7)8/h2,11,13-14,18-19,21,33H,9,12,15H2,1,3-8H3,(H,26,29)(H,27,31). The van der Waals surface area contributed by atoms with Crippen molar-refractivity contribution in [3.05, 3.63) is 34.9 Å². The first-order valence-electron chi connectivity index (χ1n) is 11.1. The number of amides is 3. The Labute approximate surface area is 203 Å². The number of carbonyl (C=O) groups excluding carboxylic acids is 3. The maximum atomic E-state index is 13.4. The number of aryl methyl sites for hydroxylation is 2. The van der Waals surface area contributed by atoms with Gasteiger partial charge in [0.05, 0.1) is 0 Å². The zero-order valence-electron chi connectivity index (χ0n) is 20.7. The number of thiol groups is 1. The van der Waals surface area contributed by atoms with Gasteiger partial charge >= 0.3 is 6.09 Å². The molecule has 1 rings (SSSR count). The maximum Gasteiger partial charge on any atom is 0.408 e. The Morgan fingerprint density at radius 3 is 2.21 bits per heavy atom. The number of terminal acetylenes is 1. The number of alkyl carbamates (subject to hydrolysis) is 1. The van der Waals surface area contributed by atoms with Gasteiger partial charge in [0.15, 0.2) is 0 Å². The molecular formula is C25H37N3O4S. The first kappa shape index (κ1) is 28.4. The largest absolute Gasteiger partial charge is 0.444 e. The van der Waals surface area contributed by atoms with Crippen molar-refractivity contribution >= 4 is 30.5 Å². The van der Waals surface area contributed by atoms with Crippen molar-refractivity contribution in [3.8, 4) is 12.5 Å². The molecule has 8 heteroatoms. The van der Waals surface area contributed by atoms with Gasteiger partial charge in [0.25, 0.3) is 5.91 Å². The molecule has 3 atom stereocenters. The monoisotopic (exact) mass is 475 g/mol. The maximum absolute atomic E-state index is 13.4. The lowest BCUT2D eigenvalue weighted by atomic mass is 9.93. The zero-order valence-corrected chi connectivity index (χ0v) is 21.6. The highest BCUT2D eigenvalue weighted by Gasteiger charge is 2.37. The lowest BCUT2D eigenvalue weighted by Crippen LogP contribution is -2.53. The van der Waals surface area contributed by atoms with Gasteiger partial charge < -0.3 is 15.4 Å². The van der Waals surface area contributed by atoms with E-state index in [-0.39, 0.29) is 17.7 Å². The predicted octanol–water partition coefficient (Wildman–Crippen LogP) is 3.89. The van der Waals surface area contributed by atoms with Crippen LogP contribution in [0.2, 0.25) is 0 Å². The third kappa shape index (κ3) is 8.32. The smallest absolute Gasteiger partial charge is 0.408 e. The van der Waals surface area contributed by atoms with Crippen molar-refractivity contribution in [2.75, 3.05) is 5.75 Å². The fourth-order valence-electron chi connectivity index (χ4n) is 3.53. The van der Waals surface area contributed by atoms with Crippen LogP contribution in [0.5, 0.6) is 0 Å². The van der Waals surface area contributed by atoms with Gasteiger partial charge in [-0.1, -0.05) is 38.0 Å². The fourth-order valence-corrected chi connectivity index (χ4v) is 3.78. The number of nitrogens with one attached hydrogen (secondary N) is 2. The van der Waals surface area contributed by atoms with E-state index in [1.54, 1.807) is 20.8 Å². The molecule has 7 nitrogen and oxygen atoms in total. The molecule has 0 bridgehead atoms. The van der Waals surface area contributed by atoms with Crippen molar-refractivity contribution < 1.29 is 19.1 Å². The number of hydrogen-bond acceptors (Lipinski definition) is 5. The minimum Gasteiger partial charge on any atom is -0.444 e. The quantitative estimate of drug-likeness (QED) is 0.287. The minimum atomic E-state index is -1.08. The Hall–Kier alpha value is -2.66. The summed E-state index contributed by atoms with van der Waals surface area (Å²) in [4.78, 5) is 40.2. The van der Waals surface area contributed by atoms with Gasteiger partial charge in [-0.25, -0.2) is 4.79 Å². The second-order valence-corrected chi connectivity index (χ2v) is 9.49. The lowest BCUT2D eigenvalue weighted by molar-refractivity contribution is -0.138. The Morgan fingerprint density at radius 2 is 1.76 bits per heavy atom. The van der Waals surface area contributed by atoms with Crippen LogP contribution in [-0.2, 0) is 14.3 Å². The highest BCUT2D eigenvalue weighted by Crippen LogP contribution is 2.28. The van der Waals surface area contributed by atoms with E-state index in [2.05, 4.69) is 29.3 Å². The van der Waals surface area contributed by atoms with Crippen molar-refractivity contribution in [3.63, 3.8) is 0 Å². The van der Waals surface area contributed by atoms with Crippen molar-refractivity contribution in [2.45, 2.75) is 85.0 Å². The van der Waals surface area contributed by atoms with Crippen LogP contribution in [0.4, 0.5) is 4.79 Å². The Morgan fingerprint density at radius 1 is 1.18 bits per heavy atom.